The van der Waals surface area contributed by atoms with E-state index < -0.39 is 36.1 Å². The number of carboxylic acid groups (broad SMARTS) is 2. The fourth-order valence-corrected chi connectivity index (χ4v) is 3.96. The molecule has 14 nitrogen and oxygen atoms in total. The molecule has 1 amide bonds. The number of anilines is 1. The predicted octanol–water partition coefficient (Wildman–Crippen LogP) is 2.75. The lowest BCUT2D eigenvalue weighted by molar-refractivity contribution is -0.166. The zero-order valence-corrected chi connectivity index (χ0v) is 24.5. The van der Waals surface area contributed by atoms with Gasteiger partial charge in [-0.05, 0) is 66.2 Å². The van der Waals surface area contributed by atoms with Gasteiger partial charge in [0, 0.05) is 18.0 Å². The molecule has 3 atom stereocenters. The molecule has 0 saturated heterocycles. The molecule has 1 heterocycles. The van der Waals surface area contributed by atoms with Crippen LogP contribution in [-0.4, -0.2) is 72.1 Å². The van der Waals surface area contributed by atoms with Crippen LogP contribution in [0.2, 0.25) is 0 Å². The van der Waals surface area contributed by atoms with Gasteiger partial charge in [-0.3, -0.25) is 4.79 Å². The number of nitrogen functional groups attached to an aromatic ring is 1. The molecular weight excluding hydrogens is 590 g/mol. The molecule has 0 aliphatic carbocycles. The van der Waals surface area contributed by atoms with E-state index in [9.17, 15) is 34.2 Å². The number of aliphatic carboxylic acids is 2. The average Bonchev–Trinajstić information content (AvgIpc) is 3.03. The van der Waals surface area contributed by atoms with Crippen molar-refractivity contribution >= 4 is 41.2 Å². The first-order chi connectivity index (χ1) is 21.4. The van der Waals surface area contributed by atoms with E-state index in [2.05, 4.69) is 10.5 Å². The van der Waals surface area contributed by atoms with Gasteiger partial charge in [0.05, 0.1) is 31.1 Å². The number of carbonyl (C=O) groups excluding carboxylic acids is 3. The molecule has 0 unspecified atom stereocenters. The minimum absolute atomic E-state index is 0.0262. The number of ether oxygens (including phenoxy) is 4. The lowest BCUT2D eigenvalue weighted by Crippen LogP contribution is -2.45. The van der Waals surface area contributed by atoms with Gasteiger partial charge in [-0.25, -0.2) is 24.6 Å². The van der Waals surface area contributed by atoms with E-state index >= 15 is 0 Å². The molecule has 3 aromatic carbocycles. The van der Waals surface area contributed by atoms with Crippen molar-refractivity contribution in [1.82, 2.24) is 5.43 Å². The molecule has 236 valence electrons. The van der Waals surface area contributed by atoms with Gasteiger partial charge in [0.15, 0.2) is 0 Å². The molecule has 0 fully saturated rings. The Hall–Kier alpha value is -5.92. The average molecular weight is 622 g/mol. The quantitative estimate of drug-likeness (QED) is 0.190. The Balaban J connectivity index is 0.000000305. The molecule has 0 saturated carbocycles. The first kappa shape index (κ1) is 33.6. The summed E-state index contributed by atoms with van der Waals surface area (Å²) in [5.41, 5.74) is 10.7. The van der Waals surface area contributed by atoms with Crippen LogP contribution in [0.1, 0.15) is 39.6 Å². The van der Waals surface area contributed by atoms with Gasteiger partial charge < -0.3 is 34.9 Å². The van der Waals surface area contributed by atoms with Gasteiger partial charge in [0.2, 0.25) is 18.1 Å². The fourth-order valence-electron chi connectivity index (χ4n) is 3.96. The number of hydrazone groups is 1. The molecule has 5 N–H and O–H groups in total. The number of carboxylic acids is 2. The summed E-state index contributed by atoms with van der Waals surface area (Å²) in [6.45, 7) is 1.99. The van der Waals surface area contributed by atoms with E-state index in [1.54, 1.807) is 0 Å². The van der Waals surface area contributed by atoms with Crippen LogP contribution in [0.15, 0.2) is 77.9 Å². The first-order valence-corrected chi connectivity index (χ1v) is 13.3. The summed E-state index contributed by atoms with van der Waals surface area (Å²) >= 11 is 0. The largest absolute Gasteiger partial charge is 0.497 e. The monoisotopic (exact) mass is 621 g/mol. The van der Waals surface area contributed by atoms with Crippen LogP contribution in [0.3, 0.4) is 0 Å². The molecule has 4 rings (SSSR count). The predicted molar refractivity (Wildman–Crippen MR) is 159 cm³/mol. The Bertz CT molecular complexity index is 1480. The number of benzene rings is 3. The van der Waals surface area contributed by atoms with E-state index in [4.69, 9.17) is 24.7 Å². The molecule has 0 spiro atoms. The number of carbonyl (C=O) groups is 5. The molecule has 45 heavy (non-hydrogen) atoms. The second-order valence-electron chi connectivity index (χ2n) is 9.54. The van der Waals surface area contributed by atoms with E-state index in [0.717, 1.165) is 17.0 Å². The van der Waals surface area contributed by atoms with E-state index in [-0.39, 0.29) is 23.0 Å². The molecule has 14 heteroatoms. The maximum Gasteiger partial charge on any atom is 0.349 e. The normalized spacial score (nSPS) is 15.0. The van der Waals surface area contributed by atoms with Crippen molar-refractivity contribution in [3.63, 3.8) is 0 Å². The van der Waals surface area contributed by atoms with Gasteiger partial charge in [-0.15, -0.1) is 0 Å². The van der Waals surface area contributed by atoms with Crippen LogP contribution in [0, 0.1) is 5.92 Å². The van der Waals surface area contributed by atoms with Gasteiger partial charge in [-0.1, -0.05) is 19.1 Å². The maximum atomic E-state index is 12.2. The Morgan fingerprint density at radius 3 is 1.56 bits per heavy atom. The van der Waals surface area contributed by atoms with Crippen molar-refractivity contribution in [2.24, 2.45) is 11.0 Å². The highest BCUT2D eigenvalue weighted by atomic mass is 16.6. The Morgan fingerprint density at radius 2 is 1.20 bits per heavy atom. The summed E-state index contributed by atoms with van der Waals surface area (Å²) in [4.78, 5) is 58.6. The lowest BCUT2D eigenvalue weighted by Gasteiger charge is -2.21. The number of methoxy groups -OCH3 is 2. The standard InChI is InChI=1S/C20H18O10.C11H13N3O/c1-27-13-7-3-11(4-8-13)19(25)29-15(17(21)22)16(18(23)24)30-20(26)12-5-9-14(28-2)10-6-12;1-7-6-10(15)13-14-11(7)8-2-4-9(12)5-3-8/h3-10,15-16H,1-2H3,(H,21,22)(H,23,24);2-5,7H,6,12H2,1H3,(H,13,15)/t15-,16-;7-/m10/s1. The van der Waals surface area contributed by atoms with Crippen molar-refractivity contribution in [2.75, 3.05) is 20.0 Å². The van der Waals surface area contributed by atoms with Crippen molar-refractivity contribution in [3.05, 3.63) is 89.5 Å². The Labute approximate surface area is 257 Å². The number of rotatable bonds is 10. The second-order valence-corrected chi connectivity index (χ2v) is 9.54. The highest BCUT2D eigenvalue weighted by Gasteiger charge is 2.41. The smallest absolute Gasteiger partial charge is 0.349 e. The molecule has 0 radical (unpaired) electrons. The second kappa shape index (κ2) is 15.5. The third-order valence-electron chi connectivity index (χ3n) is 6.35. The SMILES string of the molecule is COc1ccc(C(=O)O[C@@H](C(=O)O)[C@@H](OC(=O)c2ccc(OC)cc2)C(=O)O)cc1.C[C@H]1CC(=O)NN=C1c1ccc(N)cc1. The van der Waals surface area contributed by atoms with Crippen LogP contribution in [0.5, 0.6) is 11.5 Å². The molecule has 0 aromatic heterocycles. The Morgan fingerprint density at radius 1 is 0.778 bits per heavy atom. The van der Waals surface area contributed by atoms with Gasteiger partial charge in [0.1, 0.15) is 11.5 Å². The topological polar surface area (TPSA) is 213 Å². The maximum absolute atomic E-state index is 12.2. The summed E-state index contributed by atoms with van der Waals surface area (Å²) in [5.74, 6) is -4.81. The number of amides is 1. The molecule has 1 aliphatic rings. The van der Waals surface area contributed by atoms with E-state index in [0.29, 0.717) is 17.9 Å². The number of nitrogens with zero attached hydrogens (tertiary/aromatic N) is 1. The summed E-state index contributed by atoms with van der Waals surface area (Å²) in [6, 6.07) is 18.5. The third-order valence-corrected chi connectivity index (χ3v) is 6.35. The number of hydrogen-bond donors (Lipinski definition) is 4. The molecule has 3 aromatic rings. The minimum atomic E-state index is -2.28. The zero-order chi connectivity index (χ0) is 33.1. The number of nitrogens with one attached hydrogen (secondary N) is 1. The highest BCUT2D eigenvalue weighted by Crippen LogP contribution is 2.19. The van der Waals surface area contributed by atoms with Crippen LogP contribution in [0.4, 0.5) is 5.69 Å². The summed E-state index contributed by atoms with van der Waals surface area (Å²) in [6.07, 6.45) is -4.07. The van der Waals surface area contributed by atoms with E-state index in [1.165, 1.54) is 62.8 Å². The summed E-state index contributed by atoms with van der Waals surface area (Å²) in [5, 5.41) is 22.8. The number of esters is 2. The van der Waals surface area contributed by atoms with Crippen LogP contribution >= 0.6 is 0 Å². The molecular formula is C31H31N3O11. The third kappa shape index (κ3) is 9.28. The Kier molecular flexibility index (Phi) is 11.6. The van der Waals surface area contributed by atoms with Gasteiger partial charge >= 0.3 is 23.9 Å². The van der Waals surface area contributed by atoms with E-state index in [1.807, 2.05) is 31.2 Å². The first-order valence-electron chi connectivity index (χ1n) is 13.3. The summed E-state index contributed by atoms with van der Waals surface area (Å²) in [7, 11) is 2.84. The van der Waals surface area contributed by atoms with Gasteiger partial charge in [0.25, 0.3) is 0 Å². The van der Waals surface area contributed by atoms with Crippen molar-refractivity contribution < 1.29 is 53.1 Å². The molecule has 1 aliphatic heterocycles. The number of hydrogen-bond acceptors (Lipinski definition) is 11. The van der Waals surface area contributed by atoms with Gasteiger partial charge in [-0.2, -0.15) is 5.10 Å². The summed E-state index contributed by atoms with van der Waals surface area (Å²) < 4.78 is 19.5. The lowest BCUT2D eigenvalue weighted by atomic mass is 9.94. The molecule has 0 bridgehead atoms. The van der Waals surface area contributed by atoms with Crippen LogP contribution < -0.4 is 20.6 Å². The zero-order valence-electron chi connectivity index (χ0n) is 24.5. The van der Waals surface area contributed by atoms with Crippen LogP contribution in [0.25, 0.3) is 0 Å². The number of nitrogens with two attached hydrogens (primary N) is 1. The minimum Gasteiger partial charge on any atom is -0.497 e. The van der Waals surface area contributed by atoms with Crippen LogP contribution in [-0.2, 0) is 23.9 Å². The van der Waals surface area contributed by atoms with Crippen molar-refractivity contribution in [3.8, 4) is 11.5 Å². The highest BCUT2D eigenvalue weighted by molar-refractivity contribution is 6.05. The van der Waals surface area contributed by atoms with Crippen molar-refractivity contribution in [1.29, 1.82) is 0 Å². The fraction of sp³-hybridized carbons (Fsp3) is 0.226. The van der Waals surface area contributed by atoms with Crippen molar-refractivity contribution in [2.45, 2.75) is 25.6 Å².